The van der Waals surface area contributed by atoms with E-state index in [0.717, 1.165) is 6.07 Å². The number of halogens is 3. The first kappa shape index (κ1) is 15.8. The molecule has 112 valence electrons. The molecule has 0 amide bonds. The molecule has 20 heavy (non-hydrogen) atoms. The molecular weight excluding hydrogens is 356 g/mol. The van der Waals surface area contributed by atoms with Crippen molar-refractivity contribution in [3.8, 4) is 0 Å². The third-order valence-corrected chi connectivity index (χ3v) is 5.06. The Labute approximate surface area is 124 Å². The molecule has 0 aliphatic heterocycles. The van der Waals surface area contributed by atoms with Crippen molar-refractivity contribution in [2.75, 3.05) is 0 Å². The predicted octanol–water partition coefficient (Wildman–Crippen LogP) is 2.39. The summed E-state index contributed by atoms with van der Waals surface area (Å²) in [6, 6.07) is 0.834. The van der Waals surface area contributed by atoms with Gasteiger partial charge in [0.25, 0.3) is 0 Å². The highest BCUT2D eigenvalue weighted by atomic mass is 79.9. The van der Waals surface area contributed by atoms with E-state index < -0.39 is 38.6 Å². The molecule has 0 spiro atoms. The summed E-state index contributed by atoms with van der Waals surface area (Å²) >= 11 is 2.89. The number of hydrogen-bond acceptors (Lipinski definition) is 3. The maximum atomic E-state index is 14.3. The lowest BCUT2D eigenvalue weighted by molar-refractivity contribution is 0.121. The van der Waals surface area contributed by atoms with Crippen molar-refractivity contribution in [2.24, 2.45) is 5.14 Å². The Balaban J connectivity index is 2.55. The Morgan fingerprint density at radius 3 is 2.25 bits per heavy atom. The molecule has 4 nitrogen and oxygen atoms in total. The predicted molar refractivity (Wildman–Crippen MR) is 72.6 cm³/mol. The average molecular weight is 370 g/mol. The minimum absolute atomic E-state index is 0.135. The standard InChI is InChI=1S/C12H14BrF2NO3S/c13-8-5-9(20(16,18)19)12(15)10(11(8)14)6-1-3-7(17)4-2-6/h5-7,17H,1-4H2,(H2,16,18,19). The van der Waals surface area contributed by atoms with Gasteiger partial charge in [0, 0.05) is 5.56 Å². The normalized spacial score (nSPS) is 23.9. The van der Waals surface area contributed by atoms with Gasteiger partial charge in [-0.1, -0.05) is 0 Å². The number of primary sulfonamides is 1. The number of hydrogen-bond donors (Lipinski definition) is 2. The van der Waals surface area contributed by atoms with E-state index in [0.29, 0.717) is 25.7 Å². The Morgan fingerprint density at radius 2 is 1.75 bits per heavy atom. The molecule has 1 saturated carbocycles. The summed E-state index contributed by atoms with van der Waals surface area (Å²) in [5.41, 5.74) is -0.268. The van der Waals surface area contributed by atoms with E-state index in [9.17, 15) is 22.3 Å². The van der Waals surface area contributed by atoms with E-state index in [1.165, 1.54) is 0 Å². The van der Waals surface area contributed by atoms with Crippen LogP contribution < -0.4 is 5.14 Å². The summed E-state index contributed by atoms with van der Waals surface area (Å²) < 4.78 is 51.0. The zero-order valence-electron chi connectivity index (χ0n) is 10.4. The largest absolute Gasteiger partial charge is 0.393 e. The van der Waals surface area contributed by atoms with Crippen LogP contribution in [-0.2, 0) is 10.0 Å². The molecule has 1 aromatic carbocycles. The van der Waals surface area contributed by atoms with Gasteiger partial charge >= 0.3 is 0 Å². The fraction of sp³-hybridized carbons (Fsp3) is 0.500. The second kappa shape index (κ2) is 5.67. The van der Waals surface area contributed by atoms with Crippen LogP contribution in [0.15, 0.2) is 15.4 Å². The third-order valence-electron chi connectivity index (χ3n) is 3.57. The van der Waals surface area contributed by atoms with Crippen LogP contribution in [-0.4, -0.2) is 19.6 Å². The number of aliphatic hydroxyl groups is 1. The number of nitrogens with two attached hydrogens (primary N) is 1. The molecule has 1 aliphatic carbocycles. The fourth-order valence-electron chi connectivity index (χ4n) is 2.53. The van der Waals surface area contributed by atoms with Gasteiger partial charge in [0.15, 0.2) is 0 Å². The zero-order chi connectivity index (χ0) is 15.1. The molecule has 0 bridgehead atoms. The van der Waals surface area contributed by atoms with E-state index in [1.54, 1.807) is 0 Å². The first-order valence-corrected chi connectivity index (χ1v) is 8.44. The van der Waals surface area contributed by atoms with Crippen molar-refractivity contribution in [1.29, 1.82) is 0 Å². The van der Waals surface area contributed by atoms with Crippen LogP contribution in [0.25, 0.3) is 0 Å². The first-order valence-electron chi connectivity index (χ1n) is 6.10. The summed E-state index contributed by atoms with van der Waals surface area (Å²) in [4.78, 5) is -0.716. The summed E-state index contributed by atoms with van der Waals surface area (Å²) in [5, 5.41) is 14.4. The Bertz CT molecular complexity index is 628. The van der Waals surface area contributed by atoms with Crippen LogP contribution >= 0.6 is 15.9 Å². The Morgan fingerprint density at radius 1 is 1.20 bits per heavy atom. The molecule has 0 heterocycles. The summed E-state index contributed by atoms with van der Waals surface area (Å²) in [6.45, 7) is 0. The van der Waals surface area contributed by atoms with Crippen molar-refractivity contribution in [2.45, 2.75) is 42.6 Å². The minimum atomic E-state index is -4.27. The number of benzene rings is 1. The monoisotopic (exact) mass is 369 g/mol. The summed E-state index contributed by atoms with van der Waals surface area (Å²) in [7, 11) is -4.27. The molecule has 3 N–H and O–H groups in total. The van der Waals surface area contributed by atoms with Crippen LogP contribution in [0.1, 0.15) is 37.2 Å². The molecule has 2 rings (SSSR count). The first-order chi connectivity index (χ1) is 9.21. The molecular formula is C12H14BrF2NO3S. The zero-order valence-corrected chi connectivity index (χ0v) is 12.8. The molecule has 0 radical (unpaired) electrons. The Hall–Kier alpha value is -0.570. The second-order valence-corrected chi connectivity index (χ2v) is 7.33. The van der Waals surface area contributed by atoms with Gasteiger partial charge in [-0.15, -0.1) is 0 Å². The molecule has 0 aromatic heterocycles. The van der Waals surface area contributed by atoms with Crippen molar-refractivity contribution in [1.82, 2.24) is 0 Å². The van der Waals surface area contributed by atoms with Gasteiger partial charge < -0.3 is 5.11 Å². The highest BCUT2D eigenvalue weighted by Gasteiger charge is 2.30. The van der Waals surface area contributed by atoms with E-state index in [4.69, 9.17) is 5.14 Å². The maximum absolute atomic E-state index is 14.3. The number of sulfonamides is 1. The number of aliphatic hydroxyl groups excluding tert-OH is 1. The van der Waals surface area contributed by atoms with Gasteiger partial charge in [-0.05, 0) is 53.6 Å². The summed E-state index contributed by atoms with van der Waals surface area (Å²) in [6.07, 6.45) is 1.19. The average Bonchev–Trinajstić information content (AvgIpc) is 2.35. The molecule has 0 saturated heterocycles. The SMILES string of the molecule is NS(=O)(=O)c1cc(Br)c(F)c(C2CCC(O)CC2)c1F. The van der Waals surface area contributed by atoms with Crippen molar-refractivity contribution in [3.05, 3.63) is 27.7 Å². The van der Waals surface area contributed by atoms with Gasteiger partial charge in [-0.25, -0.2) is 22.3 Å². The lowest BCUT2D eigenvalue weighted by Gasteiger charge is -2.27. The van der Waals surface area contributed by atoms with Crippen LogP contribution in [0.3, 0.4) is 0 Å². The topological polar surface area (TPSA) is 80.4 Å². The van der Waals surface area contributed by atoms with Crippen molar-refractivity contribution < 1.29 is 22.3 Å². The summed E-state index contributed by atoms with van der Waals surface area (Å²) in [5.74, 6) is -2.40. The maximum Gasteiger partial charge on any atom is 0.241 e. The van der Waals surface area contributed by atoms with Gasteiger partial charge in [0.05, 0.1) is 10.6 Å². The van der Waals surface area contributed by atoms with E-state index in [-0.39, 0.29) is 10.0 Å². The second-order valence-electron chi connectivity index (χ2n) is 4.95. The molecule has 0 unspecified atom stereocenters. The fourth-order valence-corrected chi connectivity index (χ4v) is 3.77. The van der Waals surface area contributed by atoms with E-state index >= 15 is 0 Å². The molecule has 0 atom stereocenters. The minimum Gasteiger partial charge on any atom is -0.393 e. The molecule has 1 aliphatic rings. The van der Waals surface area contributed by atoms with Crippen molar-refractivity contribution >= 4 is 26.0 Å². The lowest BCUT2D eigenvalue weighted by atomic mass is 9.82. The molecule has 1 fully saturated rings. The van der Waals surface area contributed by atoms with E-state index in [1.807, 2.05) is 0 Å². The molecule has 8 heteroatoms. The highest BCUT2D eigenvalue weighted by molar-refractivity contribution is 9.10. The van der Waals surface area contributed by atoms with Crippen LogP contribution in [0.2, 0.25) is 0 Å². The van der Waals surface area contributed by atoms with Crippen LogP contribution in [0.4, 0.5) is 8.78 Å². The smallest absolute Gasteiger partial charge is 0.241 e. The van der Waals surface area contributed by atoms with Gasteiger partial charge in [0.1, 0.15) is 16.5 Å². The van der Waals surface area contributed by atoms with Crippen LogP contribution in [0.5, 0.6) is 0 Å². The lowest BCUT2D eigenvalue weighted by Crippen LogP contribution is -2.21. The van der Waals surface area contributed by atoms with Crippen molar-refractivity contribution in [3.63, 3.8) is 0 Å². The van der Waals surface area contributed by atoms with Gasteiger partial charge in [0.2, 0.25) is 10.0 Å². The molecule has 1 aromatic rings. The third kappa shape index (κ3) is 3.03. The quantitative estimate of drug-likeness (QED) is 0.785. The van der Waals surface area contributed by atoms with Gasteiger partial charge in [-0.2, -0.15) is 0 Å². The van der Waals surface area contributed by atoms with Crippen LogP contribution in [0, 0.1) is 11.6 Å². The number of rotatable bonds is 2. The Kier molecular flexibility index (Phi) is 4.48. The highest BCUT2D eigenvalue weighted by Crippen LogP contribution is 2.39. The van der Waals surface area contributed by atoms with E-state index in [2.05, 4.69) is 15.9 Å². The van der Waals surface area contributed by atoms with Gasteiger partial charge in [-0.3, -0.25) is 0 Å².